The lowest BCUT2D eigenvalue weighted by atomic mass is 10.1. The number of fused-ring (bicyclic) bond motifs is 1. The van der Waals surface area contributed by atoms with Crippen LogP contribution in [0.5, 0.6) is 0 Å². The van der Waals surface area contributed by atoms with Crippen molar-refractivity contribution in [2.45, 2.75) is 12.6 Å². The van der Waals surface area contributed by atoms with Crippen molar-refractivity contribution in [2.24, 2.45) is 13.0 Å². The van der Waals surface area contributed by atoms with Crippen LogP contribution < -0.4 is 5.32 Å². The molecule has 3 aromatic heterocycles. The molecule has 8 nitrogen and oxygen atoms in total. The molecule has 1 amide bonds. The highest BCUT2D eigenvalue weighted by Gasteiger charge is 2.45. The Morgan fingerprint density at radius 3 is 2.56 bits per heavy atom. The third-order valence-corrected chi connectivity index (χ3v) is 7.11. The summed E-state index contributed by atoms with van der Waals surface area (Å²) in [6.45, 7) is -0.218. The van der Waals surface area contributed by atoms with Gasteiger partial charge in [0.25, 0.3) is 5.91 Å². The lowest BCUT2D eigenvalue weighted by molar-refractivity contribution is -0.169. The number of aromatic nitrogens is 5. The second-order valence-electron chi connectivity index (χ2n) is 9.60. The molecule has 11 heteroatoms. The fourth-order valence-electron chi connectivity index (χ4n) is 4.92. The van der Waals surface area contributed by atoms with Gasteiger partial charge in [0.2, 0.25) is 0 Å². The summed E-state index contributed by atoms with van der Waals surface area (Å²) in [5.74, 6) is -0.760. The molecular weight excluding hydrogens is 507 g/mol. The maximum absolute atomic E-state index is 13.1. The Kier molecular flexibility index (Phi) is 6.05. The number of carbonyl (C=O) groups excluding carboxylic acids is 1. The van der Waals surface area contributed by atoms with E-state index in [-0.39, 0.29) is 19.5 Å². The Balaban J connectivity index is 1.22. The second-order valence-corrected chi connectivity index (χ2v) is 9.60. The summed E-state index contributed by atoms with van der Waals surface area (Å²) in [7, 11) is 1.74. The molecule has 1 unspecified atom stereocenters. The monoisotopic (exact) mass is 531 g/mol. The molecule has 0 radical (unpaired) electrons. The molecule has 1 aliphatic heterocycles. The van der Waals surface area contributed by atoms with Crippen molar-refractivity contribution in [1.82, 2.24) is 29.6 Å². The number of aromatic amines is 1. The van der Waals surface area contributed by atoms with Gasteiger partial charge in [-0.15, -0.1) is 0 Å². The first-order chi connectivity index (χ1) is 18.8. The number of aryl methyl sites for hydroxylation is 1. The van der Waals surface area contributed by atoms with Crippen LogP contribution >= 0.6 is 0 Å². The van der Waals surface area contributed by atoms with Crippen LogP contribution in [-0.4, -0.2) is 54.8 Å². The lowest BCUT2D eigenvalue weighted by Crippen LogP contribution is -2.32. The number of alkyl halides is 3. The number of nitrogens with one attached hydrogen (secondary N) is 2. The quantitative estimate of drug-likeness (QED) is 0.299. The number of halogens is 3. The maximum atomic E-state index is 13.1. The first kappa shape index (κ1) is 24.7. The van der Waals surface area contributed by atoms with E-state index < -0.39 is 18.0 Å². The molecule has 1 saturated heterocycles. The number of rotatable bonds is 5. The Morgan fingerprint density at radius 1 is 1.05 bits per heavy atom. The molecule has 2 N–H and O–H groups in total. The lowest BCUT2D eigenvalue weighted by Gasteiger charge is -2.18. The van der Waals surface area contributed by atoms with Crippen LogP contribution in [0.15, 0.2) is 73.2 Å². The van der Waals surface area contributed by atoms with Gasteiger partial charge in [-0.3, -0.25) is 9.89 Å². The van der Waals surface area contributed by atoms with E-state index in [2.05, 4.69) is 25.5 Å². The van der Waals surface area contributed by atoms with Gasteiger partial charge in [-0.05, 0) is 42.3 Å². The number of nitrogens with zero attached hydrogens (tertiary/aromatic N) is 5. The fourth-order valence-corrected chi connectivity index (χ4v) is 4.92. The third-order valence-electron chi connectivity index (χ3n) is 7.11. The summed E-state index contributed by atoms with van der Waals surface area (Å²) in [6.07, 6.45) is 0.892. The van der Waals surface area contributed by atoms with Gasteiger partial charge in [0, 0.05) is 60.2 Å². The smallest absolute Gasteiger partial charge is 0.340 e. The van der Waals surface area contributed by atoms with Crippen molar-refractivity contribution >= 4 is 28.3 Å². The molecule has 0 bridgehead atoms. The van der Waals surface area contributed by atoms with Crippen molar-refractivity contribution in [1.29, 1.82) is 0 Å². The van der Waals surface area contributed by atoms with Crippen LogP contribution in [0, 0.1) is 5.92 Å². The Morgan fingerprint density at radius 2 is 1.85 bits per heavy atom. The van der Waals surface area contributed by atoms with Crippen molar-refractivity contribution in [2.75, 3.05) is 18.4 Å². The fraction of sp³-hybridized carbons (Fsp3) is 0.214. The molecule has 0 saturated carbocycles. The van der Waals surface area contributed by atoms with E-state index in [0.717, 1.165) is 33.3 Å². The number of carbonyl (C=O) groups is 1. The third kappa shape index (κ3) is 4.83. The standard InChI is InChI=1S/C28H24F3N7O/c1-37-23-13-19(3-2-18(23)12-24(37)27(39)38-11-9-21(16-38)28(29,30)31)26-32-10-8-25(36-26)35-22-6-4-17(5-7-22)20-14-33-34-15-20/h2-8,10,12-15,21H,9,11,16H2,1H3,(H,33,34)(H,32,35,36). The van der Waals surface area contributed by atoms with Crippen molar-refractivity contribution in [3.63, 3.8) is 0 Å². The summed E-state index contributed by atoms with van der Waals surface area (Å²) in [5, 5.41) is 10.9. The minimum absolute atomic E-state index is 0.0699. The first-order valence-electron chi connectivity index (χ1n) is 12.4. The van der Waals surface area contributed by atoms with Crippen molar-refractivity contribution < 1.29 is 18.0 Å². The van der Waals surface area contributed by atoms with E-state index in [0.29, 0.717) is 17.3 Å². The average Bonchev–Trinajstić information content (AvgIpc) is 3.70. The molecule has 0 aliphatic carbocycles. The normalized spacial score (nSPS) is 15.7. The van der Waals surface area contributed by atoms with Crippen LogP contribution in [-0.2, 0) is 7.05 Å². The van der Waals surface area contributed by atoms with Gasteiger partial charge in [-0.1, -0.05) is 24.3 Å². The molecule has 0 spiro atoms. The van der Waals surface area contributed by atoms with Gasteiger partial charge in [-0.25, -0.2) is 9.97 Å². The molecule has 5 aromatic rings. The summed E-state index contributed by atoms with van der Waals surface area (Å²) >= 11 is 0. The van der Waals surface area contributed by atoms with E-state index in [9.17, 15) is 18.0 Å². The zero-order valence-corrected chi connectivity index (χ0v) is 20.9. The number of benzene rings is 2. The first-order valence-corrected chi connectivity index (χ1v) is 12.4. The Hall–Kier alpha value is -4.67. The Labute approximate surface area is 221 Å². The van der Waals surface area contributed by atoms with Crippen LogP contribution in [0.2, 0.25) is 0 Å². The summed E-state index contributed by atoms with van der Waals surface area (Å²) < 4.78 is 41.0. The SMILES string of the molecule is Cn1c(C(=O)N2CCC(C(F)(F)F)C2)cc2ccc(-c3nccc(Nc4ccc(-c5cn[nH]c5)cc4)n3)cc21. The molecule has 198 valence electrons. The zero-order valence-electron chi connectivity index (χ0n) is 20.9. The van der Waals surface area contributed by atoms with Gasteiger partial charge in [0.1, 0.15) is 11.5 Å². The van der Waals surface area contributed by atoms with E-state index in [1.54, 1.807) is 36.1 Å². The zero-order chi connectivity index (χ0) is 27.1. The summed E-state index contributed by atoms with van der Waals surface area (Å²) in [6, 6.07) is 17.0. The van der Waals surface area contributed by atoms with E-state index >= 15 is 0 Å². The highest BCUT2D eigenvalue weighted by atomic mass is 19.4. The number of H-pyrrole nitrogens is 1. The van der Waals surface area contributed by atoms with Gasteiger partial charge in [0.15, 0.2) is 5.82 Å². The molecule has 6 rings (SSSR count). The highest BCUT2D eigenvalue weighted by Crippen LogP contribution is 2.34. The van der Waals surface area contributed by atoms with Crippen molar-refractivity contribution in [3.8, 4) is 22.5 Å². The van der Waals surface area contributed by atoms with E-state index in [1.807, 2.05) is 48.7 Å². The van der Waals surface area contributed by atoms with Crippen molar-refractivity contribution in [3.05, 3.63) is 78.9 Å². The molecule has 39 heavy (non-hydrogen) atoms. The largest absolute Gasteiger partial charge is 0.393 e. The number of hydrogen-bond acceptors (Lipinski definition) is 5. The van der Waals surface area contributed by atoms with Crippen LogP contribution in [0.3, 0.4) is 0 Å². The molecular formula is C28H24F3N7O. The van der Waals surface area contributed by atoms with E-state index in [1.165, 1.54) is 4.90 Å². The number of anilines is 2. The molecule has 4 heterocycles. The predicted octanol–water partition coefficient (Wildman–Crippen LogP) is 5.79. The highest BCUT2D eigenvalue weighted by molar-refractivity contribution is 5.99. The molecule has 1 fully saturated rings. The van der Waals surface area contributed by atoms with Crippen LogP contribution in [0.1, 0.15) is 16.9 Å². The van der Waals surface area contributed by atoms with Crippen LogP contribution in [0.4, 0.5) is 24.7 Å². The maximum Gasteiger partial charge on any atom is 0.393 e. The molecule has 1 aliphatic rings. The van der Waals surface area contributed by atoms with Gasteiger partial charge < -0.3 is 14.8 Å². The number of amides is 1. The summed E-state index contributed by atoms with van der Waals surface area (Å²) in [5.41, 5.74) is 4.76. The number of likely N-dealkylation sites (tertiary alicyclic amines) is 1. The minimum atomic E-state index is -4.30. The average molecular weight is 532 g/mol. The van der Waals surface area contributed by atoms with Gasteiger partial charge in [0.05, 0.1) is 12.1 Å². The summed E-state index contributed by atoms with van der Waals surface area (Å²) in [4.78, 5) is 23.4. The minimum Gasteiger partial charge on any atom is -0.340 e. The second kappa shape index (κ2) is 9.57. The molecule has 2 aromatic carbocycles. The topological polar surface area (TPSA) is 91.7 Å². The van der Waals surface area contributed by atoms with Gasteiger partial charge in [-0.2, -0.15) is 18.3 Å². The van der Waals surface area contributed by atoms with Gasteiger partial charge >= 0.3 is 6.18 Å². The predicted molar refractivity (Wildman–Crippen MR) is 141 cm³/mol. The molecule has 1 atom stereocenters. The Bertz CT molecular complexity index is 1640. The van der Waals surface area contributed by atoms with Crippen LogP contribution in [0.25, 0.3) is 33.4 Å². The van der Waals surface area contributed by atoms with E-state index in [4.69, 9.17) is 0 Å². The number of hydrogen-bond donors (Lipinski definition) is 2.